The number of anilines is 1. The zero-order valence-electron chi connectivity index (χ0n) is 12.4. The number of aryl methyl sites for hydroxylation is 1. The minimum atomic E-state index is -0.00745. The van der Waals surface area contributed by atoms with Crippen molar-refractivity contribution in [3.63, 3.8) is 0 Å². The minimum absolute atomic E-state index is 0.00745. The van der Waals surface area contributed by atoms with Crippen molar-refractivity contribution in [2.24, 2.45) is 0 Å². The molecule has 1 saturated carbocycles. The molecule has 2 aromatic heterocycles. The number of aromatic amines is 1. The van der Waals surface area contributed by atoms with Gasteiger partial charge in [0.1, 0.15) is 10.3 Å². The van der Waals surface area contributed by atoms with Crippen LogP contribution in [0.2, 0.25) is 0 Å². The van der Waals surface area contributed by atoms with Crippen LogP contribution in [0.25, 0.3) is 11.2 Å². The zero-order chi connectivity index (χ0) is 15.3. The van der Waals surface area contributed by atoms with E-state index in [-0.39, 0.29) is 5.43 Å². The standard InChI is InChI=1S/C15H18BrN5O/c1-2-8-13(21-6-5-17-9-3-4-10(9)21)14(22)12-15(19-8)18-7-11(16)20-12/h7,9-10,17H,2-6H2,1H3,(H,18,19,22). The largest absolute Gasteiger partial charge is 0.361 e. The van der Waals surface area contributed by atoms with Gasteiger partial charge in [0.2, 0.25) is 5.43 Å². The van der Waals surface area contributed by atoms with Crippen molar-refractivity contribution in [2.75, 3.05) is 18.0 Å². The van der Waals surface area contributed by atoms with Crippen molar-refractivity contribution in [1.82, 2.24) is 20.3 Å². The molecule has 2 N–H and O–H groups in total. The highest BCUT2D eigenvalue weighted by Gasteiger charge is 2.39. The van der Waals surface area contributed by atoms with Gasteiger partial charge in [0.05, 0.1) is 6.20 Å². The fraction of sp³-hybridized carbons (Fsp3) is 0.533. The first-order valence-electron chi connectivity index (χ1n) is 7.76. The van der Waals surface area contributed by atoms with Gasteiger partial charge in [0.15, 0.2) is 11.2 Å². The number of piperazine rings is 1. The van der Waals surface area contributed by atoms with Crippen molar-refractivity contribution in [3.05, 3.63) is 26.7 Å². The molecule has 2 atom stereocenters. The van der Waals surface area contributed by atoms with E-state index in [1.165, 1.54) is 6.42 Å². The molecule has 3 heterocycles. The fourth-order valence-corrected chi connectivity index (χ4v) is 3.82. The number of rotatable bonds is 2. The SMILES string of the molecule is CCc1[nH]c2ncc(Br)nc2c(=O)c1N1CCNC2CCC21. The third-order valence-corrected chi connectivity index (χ3v) is 5.15. The maximum atomic E-state index is 13.0. The lowest BCUT2D eigenvalue weighted by atomic mass is 9.83. The van der Waals surface area contributed by atoms with E-state index in [9.17, 15) is 4.79 Å². The lowest BCUT2D eigenvalue weighted by Gasteiger charge is -2.50. The van der Waals surface area contributed by atoms with Crippen LogP contribution in [0.4, 0.5) is 5.69 Å². The molecule has 0 bridgehead atoms. The Balaban J connectivity index is 1.91. The third kappa shape index (κ3) is 2.06. The van der Waals surface area contributed by atoms with E-state index in [0.29, 0.717) is 27.9 Å². The van der Waals surface area contributed by atoms with Gasteiger partial charge in [-0.2, -0.15) is 0 Å². The second-order valence-electron chi connectivity index (χ2n) is 5.92. The van der Waals surface area contributed by atoms with Crippen LogP contribution in [0.5, 0.6) is 0 Å². The zero-order valence-corrected chi connectivity index (χ0v) is 14.0. The Morgan fingerprint density at radius 3 is 3.05 bits per heavy atom. The molecule has 0 spiro atoms. The molecule has 0 aromatic carbocycles. The van der Waals surface area contributed by atoms with Crippen LogP contribution in [0, 0.1) is 0 Å². The van der Waals surface area contributed by atoms with Crippen molar-refractivity contribution in [2.45, 2.75) is 38.3 Å². The van der Waals surface area contributed by atoms with E-state index in [1.807, 2.05) is 0 Å². The molecule has 116 valence electrons. The monoisotopic (exact) mass is 363 g/mol. The van der Waals surface area contributed by atoms with Crippen molar-refractivity contribution in [1.29, 1.82) is 0 Å². The van der Waals surface area contributed by atoms with E-state index < -0.39 is 0 Å². The van der Waals surface area contributed by atoms with E-state index >= 15 is 0 Å². The molecule has 1 saturated heterocycles. The summed E-state index contributed by atoms with van der Waals surface area (Å²) >= 11 is 3.31. The van der Waals surface area contributed by atoms with Gasteiger partial charge >= 0.3 is 0 Å². The summed E-state index contributed by atoms with van der Waals surface area (Å²) in [6.45, 7) is 3.85. The molecule has 7 heteroatoms. The average Bonchev–Trinajstić information content (AvgIpc) is 2.49. The van der Waals surface area contributed by atoms with Crippen LogP contribution in [0.1, 0.15) is 25.5 Å². The van der Waals surface area contributed by atoms with Gasteiger partial charge in [-0.3, -0.25) is 4.79 Å². The summed E-state index contributed by atoms with van der Waals surface area (Å²) in [5, 5.41) is 3.53. The Morgan fingerprint density at radius 2 is 2.32 bits per heavy atom. The number of nitrogens with one attached hydrogen (secondary N) is 2. The molecule has 0 radical (unpaired) electrons. The van der Waals surface area contributed by atoms with Crippen molar-refractivity contribution in [3.8, 4) is 0 Å². The summed E-state index contributed by atoms with van der Waals surface area (Å²) < 4.78 is 0.586. The van der Waals surface area contributed by atoms with Crippen LogP contribution in [0.3, 0.4) is 0 Å². The molecule has 2 aliphatic rings. The molecule has 4 rings (SSSR count). The molecule has 2 unspecified atom stereocenters. The number of fused-ring (bicyclic) bond motifs is 2. The number of hydrogen-bond acceptors (Lipinski definition) is 5. The molecule has 6 nitrogen and oxygen atoms in total. The summed E-state index contributed by atoms with van der Waals surface area (Å²) in [5.74, 6) is 0. The number of H-pyrrole nitrogens is 1. The number of pyridine rings is 1. The first kappa shape index (κ1) is 14.1. The van der Waals surface area contributed by atoms with Crippen LogP contribution in [-0.2, 0) is 6.42 Å². The highest BCUT2D eigenvalue weighted by atomic mass is 79.9. The fourth-order valence-electron chi connectivity index (χ4n) is 3.54. The molecule has 2 fully saturated rings. The lowest BCUT2D eigenvalue weighted by Crippen LogP contribution is -2.64. The third-order valence-electron chi connectivity index (χ3n) is 4.77. The molecule has 1 aliphatic heterocycles. The maximum absolute atomic E-state index is 13.0. The van der Waals surface area contributed by atoms with E-state index in [0.717, 1.165) is 37.3 Å². The smallest absolute Gasteiger partial charge is 0.233 e. The van der Waals surface area contributed by atoms with Gasteiger partial charge in [-0.05, 0) is 35.2 Å². The summed E-state index contributed by atoms with van der Waals surface area (Å²) in [7, 11) is 0. The molecule has 22 heavy (non-hydrogen) atoms. The van der Waals surface area contributed by atoms with Crippen molar-refractivity contribution >= 4 is 32.8 Å². The second kappa shape index (κ2) is 5.31. The van der Waals surface area contributed by atoms with E-state index in [4.69, 9.17) is 0 Å². The Kier molecular flexibility index (Phi) is 3.41. The number of nitrogens with zero attached hydrogens (tertiary/aromatic N) is 3. The quantitative estimate of drug-likeness (QED) is 0.847. The van der Waals surface area contributed by atoms with Gasteiger partial charge in [-0.15, -0.1) is 0 Å². The Hall–Kier alpha value is -1.47. The predicted molar refractivity (Wildman–Crippen MR) is 89.4 cm³/mol. The van der Waals surface area contributed by atoms with Gasteiger partial charge < -0.3 is 15.2 Å². The number of halogens is 1. The van der Waals surface area contributed by atoms with Gasteiger partial charge in [0, 0.05) is 30.9 Å². The Labute approximate surface area is 136 Å². The van der Waals surface area contributed by atoms with Gasteiger partial charge in [-0.25, -0.2) is 9.97 Å². The molecule has 0 amide bonds. The van der Waals surface area contributed by atoms with Gasteiger partial charge in [-0.1, -0.05) is 6.92 Å². The molecular formula is C15H18BrN5O. The predicted octanol–water partition coefficient (Wildman–Crippen LogP) is 1.58. The van der Waals surface area contributed by atoms with Crippen LogP contribution >= 0.6 is 15.9 Å². The normalized spacial score (nSPS) is 24.2. The first-order valence-corrected chi connectivity index (χ1v) is 8.55. The maximum Gasteiger partial charge on any atom is 0.233 e. The molecular weight excluding hydrogens is 346 g/mol. The highest BCUT2D eigenvalue weighted by molar-refractivity contribution is 9.10. The van der Waals surface area contributed by atoms with Crippen LogP contribution < -0.4 is 15.6 Å². The second-order valence-corrected chi connectivity index (χ2v) is 6.74. The van der Waals surface area contributed by atoms with Gasteiger partial charge in [0.25, 0.3) is 0 Å². The lowest BCUT2D eigenvalue weighted by molar-refractivity contribution is 0.240. The molecule has 2 aromatic rings. The van der Waals surface area contributed by atoms with Crippen molar-refractivity contribution < 1.29 is 0 Å². The van der Waals surface area contributed by atoms with E-state index in [1.54, 1.807) is 6.20 Å². The topological polar surface area (TPSA) is 73.9 Å². The number of aromatic nitrogens is 3. The van der Waals surface area contributed by atoms with E-state index in [2.05, 4.69) is 48.0 Å². The summed E-state index contributed by atoms with van der Waals surface area (Å²) in [6, 6.07) is 0.944. The Bertz CT molecular complexity index is 789. The Morgan fingerprint density at radius 1 is 1.45 bits per heavy atom. The number of hydrogen-bond donors (Lipinski definition) is 2. The highest BCUT2D eigenvalue weighted by Crippen LogP contribution is 2.32. The summed E-state index contributed by atoms with van der Waals surface area (Å²) in [6.07, 6.45) is 4.73. The van der Waals surface area contributed by atoms with Crippen LogP contribution in [-0.4, -0.2) is 40.1 Å². The minimum Gasteiger partial charge on any atom is -0.361 e. The first-order chi connectivity index (χ1) is 10.7. The van der Waals surface area contributed by atoms with Crippen LogP contribution in [0.15, 0.2) is 15.6 Å². The molecule has 1 aliphatic carbocycles. The summed E-state index contributed by atoms with van der Waals surface area (Å²) in [5.41, 5.74) is 2.72. The summed E-state index contributed by atoms with van der Waals surface area (Å²) in [4.78, 5) is 27.3. The average molecular weight is 364 g/mol.